The van der Waals surface area contributed by atoms with Crippen LogP contribution in [0, 0.1) is 0 Å². The van der Waals surface area contributed by atoms with Gasteiger partial charge in [0, 0.05) is 7.11 Å². The predicted molar refractivity (Wildman–Crippen MR) is 83.0 cm³/mol. The van der Waals surface area contributed by atoms with E-state index in [0.717, 1.165) is 13.0 Å². The van der Waals surface area contributed by atoms with Crippen LogP contribution in [0.3, 0.4) is 0 Å². The minimum absolute atomic E-state index is 0.277. The van der Waals surface area contributed by atoms with Gasteiger partial charge in [0.25, 0.3) is 0 Å². The van der Waals surface area contributed by atoms with Gasteiger partial charge in [0.15, 0.2) is 0 Å². The highest BCUT2D eigenvalue weighted by molar-refractivity contribution is 5.76. The Morgan fingerprint density at radius 3 is 2.70 bits per heavy atom. The Morgan fingerprint density at radius 2 is 1.90 bits per heavy atom. The summed E-state index contributed by atoms with van der Waals surface area (Å²) in [6.45, 7) is 3.79. The van der Waals surface area contributed by atoms with E-state index >= 15 is 0 Å². The van der Waals surface area contributed by atoms with Crippen molar-refractivity contribution in [3.8, 4) is 11.1 Å². The van der Waals surface area contributed by atoms with Crippen molar-refractivity contribution in [1.82, 2.24) is 5.32 Å². The summed E-state index contributed by atoms with van der Waals surface area (Å²) < 4.78 is 5.33. The van der Waals surface area contributed by atoms with Crippen LogP contribution in [0.4, 0.5) is 0 Å². The van der Waals surface area contributed by atoms with Gasteiger partial charge in [-0.2, -0.15) is 0 Å². The van der Waals surface area contributed by atoms with Gasteiger partial charge in [-0.1, -0.05) is 49.4 Å². The fraction of sp³-hybridized carbons (Fsp3) is 0.333. The molecule has 104 valence electrons. The lowest BCUT2D eigenvalue weighted by Crippen LogP contribution is -2.24. The fourth-order valence-corrected chi connectivity index (χ4v) is 3.07. The van der Waals surface area contributed by atoms with Crippen LogP contribution in [-0.2, 0) is 11.2 Å². The third-order valence-corrected chi connectivity index (χ3v) is 4.00. The van der Waals surface area contributed by atoms with Crippen molar-refractivity contribution in [3.05, 3.63) is 59.2 Å². The molecule has 0 fully saturated rings. The summed E-state index contributed by atoms with van der Waals surface area (Å²) >= 11 is 0. The van der Waals surface area contributed by atoms with E-state index in [-0.39, 0.29) is 6.04 Å². The second-order valence-corrected chi connectivity index (χ2v) is 5.32. The average Bonchev–Trinajstić information content (AvgIpc) is 2.84. The quantitative estimate of drug-likeness (QED) is 0.763. The Bertz CT molecular complexity index is 600. The summed E-state index contributed by atoms with van der Waals surface area (Å²) in [6.07, 6.45) is 1.05. The SMILES string of the molecule is CCNC(COC)c1ccc2c(c1)Cc1ccccc1-2. The molecule has 0 aliphatic heterocycles. The number of rotatable bonds is 5. The molecule has 1 aliphatic rings. The highest BCUT2D eigenvalue weighted by Crippen LogP contribution is 2.37. The van der Waals surface area contributed by atoms with Gasteiger partial charge in [-0.05, 0) is 40.8 Å². The van der Waals surface area contributed by atoms with Crippen molar-refractivity contribution in [3.63, 3.8) is 0 Å². The Hall–Kier alpha value is -1.64. The predicted octanol–water partition coefficient (Wildman–Crippen LogP) is 3.55. The van der Waals surface area contributed by atoms with Crippen LogP contribution in [0.1, 0.15) is 29.7 Å². The summed E-state index contributed by atoms with van der Waals surface area (Å²) in [5.41, 5.74) is 6.96. The van der Waals surface area contributed by atoms with E-state index in [9.17, 15) is 0 Å². The minimum atomic E-state index is 0.277. The number of ether oxygens (including phenoxy) is 1. The van der Waals surface area contributed by atoms with E-state index in [4.69, 9.17) is 4.74 Å². The van der Waals surface area contributed by atoms with Gasteiger partial charge in [0.05, 0.1) is 12.6 Å². The van der Waals surface area contributed by atoms with Gasteiger partial charge in [-0.25, -0.2) is 0 Å². The molecule has 2 aromatic rings. The lowest BCUT2D eigenvalue weighted by Gasteiger charge is -2.18. The highest BCUT2D eigenvalue weighted by atomic mass is 16.5. The van der Waals surface area contributed by atoms with Gasteiger partial charge in [0.1, 0.15) is 0 Å². The van der Waals surface area contributed by atoms with Gasteiger partial charge >= 0.3 is 0 Å². The second-order valence-electron chi connectivity index (χ2n) is 5.32. The van der Waals surface area contributed by atoms with Crippen molar-refractivity contribution >= 4 is 0 Å². The Balaban J connectivity index is 1.93. The summed E-state index contributed by atoms with van der Waals surface area (Å²) in [5.74, 6) is 0. The zero-order chi connectivity index (χ0) is 13.9. The first-order chi connectivity index (χ1) is 9.83. The third-order valence-electron chi connectivity index (χ3n) is 4.00. The van der Waals surface area contributed by atoms with Gasteiger partial charge < -0.3 is 10.1 Å². The Morgan fingerprint density at radius 1 is 1.10 bits per heavy atom. The number of fused-ring (bicyclic) bond motifs is 3. The minimum Gasteiger partial charge on any atom is -0.383 e. The number of likely N-dealkylation sites (N-methyl/N-ethyl adjacent to an activating group) is 1. The molecule has 1 aliphatic carbocycles. The van der Waals surface area contributed by atoms with Gasteiger partial charge in [-0.15, -0.1) is 0 Å². The summed E-state index contributed by atoms with van der Waals surface area (Å²) in [4.78, 5) is 0. The largest absolute Gasteiger partial charge is 0.383 e. The van der Waals surface area contributed by atoms with Crippen LogP contribution >= 0.6 is 0 Å². The maximum absolute atomic E-state index is 5.33. The second kappa shape index (κ2) is 5.78. The first-order valence-electron chi connectivity index (χ1n) is 7.27. The number of benzene rings is 2. The van der Waals surface area contributed by atoms with Crippen LogP contribution in [0.25, 0.3) is 11.1 Å². The van der Waals surface area contributed by atoms with Gasteiger partial charge in [-0.3, -0.25) is 0 Å². The van der Waals surface area contributed by atoms with Crippen molar-refractivity contribution in [2.75, 3.05) is 20.3 Å². The van der Waals surface area contributed by atoms with Crippen molar-refractivity contribution in [1.29, 1.82) is 0 Å². The maximum Gasteiger partial charge on any atom is 0.0657 e. The van der Waals surface area contributed by atoms with E-state index in [1.807, 2.05) is 0 Å². The average molecular weight is 267 g/mol. The van der Waals surface area contributed by atoms with Crippen molar-refractivity contribution in [2.24, 2.45) is 0 Å². The zero-order valence-electron chi connectivity index (χ0n) is 12.1. The third kappa shape index (κ3) is 2.37. The zero-order valence-corrected chi connectivity index (χ0v) is 12.1. The summed E-state index contributed by atoms with van der Waals surface area (Å²) in [5, 5.41) is 3.49. The van der Waals surface area contributed by atoms with E-state index in [0.29, 0.717) is 6.61 Å². The van der Waals surface area contributed by atoms with Crippen molar-refractivity contribution < 1.29 is 4.74 Å². The smallest absolute Gasteiger partial charge is 0.0657 e. The van der Waals surface area contributed by atoms with Crippen LogP contribution in [0.15, 0.2) is 42.5 Å². The molecule has 1 unspecified atom stereocenters. The molecule has 2 heteroatoms. The highest BCUT2D eigenvalue weighted by Gasteiger charge is 2.19. The van der Waals surface area contributed by atoms with E-state index in [2.05, 4.69) is 54.7 Å². The van der Waals surface area contributed by atoms with Crippen LogP contribution in [-0.4, -0.2) is 20.3 Å². The fourth-order valence-electron chi connectivity index (χ4n) is 3.07. The Kier molecular flexibility index (Phi) is 3.86. The van der Waals surface area contributed by atoms with Crippen LogP contribution < -0.4 is 5.32 Å². The normalized spacial score (nSPS) is 13.9. The molecule has 0 heterocycles. The lowest BCUT2D eigenvalue weighted by molar-refractivity contribution is 0.168. The number of methoxy groups -OCH3 is 1. The molecule has 0 aromatic heterocycles. The molecule has 20 heavy (non-hydrogen) atoms. The van der Waals surface area contributed by atoms with E-state index in [1.165, 1.54) is 27.8 Å². The molecular formula is C18H21NO. The molecule has 0 bridgehead atoms. The molecule has 1 N–H and O–H groups in total. The maximum atomic E-state index is 5.33. The number of nitrogens with one attached hydrogen (secondary N) is 1. The van der Waals surface area contributed by atoms with Crippen LogP contribution in [0.2, 0.25) is 0 Å². The van der Waals surface area contributed by atoms with E-state index < -0.39 is 0 Å². The van der Waals surface area contributed by atoms with Crippen LogP contribution in [0.5, 0.6) is 0 Å². The molecule has 2 aromatic carbocycles. The van der Waals surface area contributed by atoms with Gasteiger partial charge in [0.2, 0.25) is 0 Å². The summed E-state index contributed by atoms with van der Waals surface area (Å²) in [7, 11) is 1.76. The molecule has 0 saturated carbocycles. The number of hydrogen-bond donors (Lipinski definition) is 1. The lowest BCUT2D eigenvalue weighted by atomic mass is 10.00. The molecule has 0 radical (unpaired) electrons. The monoisotopic (exact) mass is 267 g/mol. The first kappa shape index (κ1) is 13.3. The molecular weight excluding hydrogens is 246 g/mol. The standard InChI is InChI=1S/C18H21NO/c1-3-19-18(12-20-2)14-8-9-17-15(11-14)10-13-6-4-5-7-16(13)17/h4-9,11,18-19H,3,10,12H2,1-2H3. The Labute approximate surface area is 120 Å². The molecule has 0 spiro atoms. The first-order valence-corrected chi connectivity index (χ1v) is 7.27. The molecule has 0 amide bonds. The number of hydrogen-bond acceptors (Lipinski definition) is 2. The van der Waals surface area contributed by atoms with E-state index in [1.54, 1.807) is 7.11 Å². The van der Waals surface area contributed by atoms with Crippen molar-refractivity contribution in [2.45, 2.75) is 19.4 Å². The molecule has 3 rings (SSSR count). The topological polar surface area (TPSA) is 21.3 Å². The molecule has 2 nitrogen and oxygen atoms in total. The molecule has 1 atom stereocenters. The molecule has 0 saturated heterocycles. The summed E-state index contributed by atoms with van der Waals surface area (Å²) in [6, 6.07) is 15.8.